The van der Waals surface area contributed by atoms with Gasteiger partial charge in [0.2, 0.25) is 0 Å². The molecule has 0 aliphatic carbocycles. The molecule has 2 nitrogen and oxygen atoms in total. The van der Waals surface area contributed by atoms with Crippen molar-refractivity contribution in [1.82, 2.24) is 4.57 Å². The maximum atomic E-state index is 2.43. The van der Waals surface area contributed by atoms with Crippen LogP contribution < -0.4 is 4.90 Å². The normalized spacial score (nSPS) is 11.5. The smallest absolute Gasteiger partial charge is 0.0547 e. The van der Waals surface area contributed by atoms with Crippen LogP contribution in [-0.2, 0) is 0 Å². The Kier molecular flexibility index (Phi) is 8.53. The molecule has 2 heteroatoms. The molecule has 0 unspecified atom stereocenters. The minimum atomic E-state index is 1.09. The first-order chi connectivity index (χ1) is 30.8. The number of para-hydroxylation sites is 3. The third-order valence-corrected chi connectivity index (χ3v) is 12.6. The summed E-state index contributed by atoms with van der Waals surface area (Å²) in [6.45, 7) is 0. The summed E-state index contributed by atoms with van der Waals surface area (Å²) >= 11 is 0. The van der Waals surface area contributed by atoms with Crippen molar-refractivity contribution in [2.45, 2.75) is 0 Å². The molecule has 0 fully saturated rings. The average molecular weight is 789 g/mol. The molecule has 12 aromatic rings. The van der Waals surface area contributed by atoms with E-state index in [4.69, 9.17) is 0 Å². The molecule has 12 rings (SSSR count). The first-order valence-electron chi connectivity index (χ1n) is 21.3. The van der Waals surface area contributed by atoms with Crippen LogP contribution in [0.3, 0.4) is 0 Å². The van der Waals surface area contributed by atoms with E-state index in [-0.39, 0.29) is 0 Å². The van der Waals surface area contributed by atoms with Gasteiger partial charge < -0.3 is 9.47 Å². The highest BCUT2D eigenvalue weighted by atomic mass is 15.1. The quantitative estimate of drug-likeness (QED) is 0.146. The molecule has 0 saturated carbocycles. The average Bonchev–Trinajstić information content (AvgIpc) is 3.69. The topological polar surface area (TPSA) is 8.17 Å². The zero-order valence-corrected chi connectivity index (χ0v) is 34.0. The second-order valence-corrected chi connectivity index (χ2v) is 16.1. The van der Waals surface area contributed by atoms with Crippen LogP contribution in [0.25, 0.3) is 93.2 Å². The van der Waals surface area contributed by atoms with Crippen LogP contribution in [0.1, 0.15) is 0 Å². The monoisotopic (exact) mass is 788 g/mol. The number of fused-ring (bicyclic) bond motifs is 7. The minimum absolute atomic E-state index is 1.09. The Hall–Kier alpha value is -8.20. The first-order valence-corrected chi connectivity index (χ1v) is 21.3. The molecule has 0 atom stereocenters. The lowest BCUT2D eigenvalue weighted by Crippen LogP contribution is -2.11. The number of rotatable bonds is 7. The van der Waals surface area contributed by atoms with Crippen molar-refractivity contribution in [3.63, 3.8) is 0 Å². The van der Waals surface area contributed by atoms with E-state index in [1.54, 1.807) is 0 Å². The van der Waals surface area contributed by atoms with Gasteiger partial charge in [-0.1, -0.05) is 182 Å². The van der Waals surface area contributed by atoms with Crippen molar-refractivity contribution in [1.29, 1.82) is 0 Å². The molecule has 0 N–H and O–H groups in total. The summed E-state index contributed by atoms with van der Waals surface area (Å²) in [5, 5.41) is 10.0. The lowest BCUT2D eigenvalue weighted by molar-refractivity contribution is 1.18. The van der Waals surface area contributed by atoms with Gasteiger partial charge in [-0.25, -0.2) is 0 Å². The highest BCUT2D eigenvalue weighted by Gasteiger charge is 2.22. The second-order valence-electron chi connectivity index (χ2n) is 16.1. The Morgan fingerprint density at radius 2 is 0.806 bits per heavy atom. The number of nitrogens with zero attached hydrogens (tertiary/aromatic N) is 2. The molecule has 0 spiro atoms. The number of aromatic nitrogens is 1. The van der Waals surface area contributed by atoms with Gasteiger partial charge in [-0.3, -0.25) is 0 Å². The largest absolute Gasteiger partial charge is 0.310 e. The standard InChI is InChI=1S/C60H40N2/c1-2-19-45(20-3-1)62-58-30-13-11-26-55(58)60-54(28-15-31-59(60)62)53-25-10-12-29-57(53)61(46-36-32-42(33-37-46)49-27-14-18-41-16-4-6-21-48(41)49)47-38-34-43(35-39-47)56-40-44-17-5-7-22-50(44)51-23-8-9-24-52(51)56/h1-40H. The molecule has 62 heavy (non-hydrogen) atoms. The van der Waals surface area contributed by atoms with Crippen molar-refractivity contribution >= 4 is 71.2 Å². The molecular formula is C60H40N2. The molecule has 0 bridgehead atoms. The first kappa shape index (κ1) is 35.7. The van der Waals surface area contributed by atoms with Crippen molar-refractivity contribution in [3.8, 4) is 39.1 Å². The van der Waals surface area contributed by atoms with Crippen LogP contribution in [0, 0.1) is 0 Å². The fourth-order valence-corrected chi connectivity index (χ4v) is 9.77. The third-order valence-electron chi connectivity index (χ3n) is 12.6. The maximum Gasteiger partial charge on any atom is 0.0547 e. The Labute approximate surface area is 360 Å². The van der Waals surface area contributed by atoms with E-state index in [0.717, 1.165) is 28.3 Å². The summed E-state index contributed by atoms with van der Waals surface area (Å²) in [6, 6.07) is 88.5. The third kappa shape index (κ3) is 5.88. The highest BCUT2D eigenvalue weighted by molar-refractivity contribution is 6.17. The zero-order valence-electron chi connectivity index (χ0n) is 34.0. The van der Waals surface area contributed by atoms with E-state index in [2.05, 4.69) is 252 Å². The van der Waals surface area contributed by atoms with E-state index in [9.17, 15) is 0 Å². The van der Waals surface area contributed by atoms with Gasteiger partial charge in [-0.15, -0.1) is 0 Å². The van der Waals surface area contributed by atoms with Crippen LogP contribution in [-0.4, -0.2) is 4.57 Å². The summed E-state index contributed by atoms with van der Waals surface area (Å²) in [6.07, 6.45) is 0. The van der Waals surface area contributed by atoms with Gasteiger partial charge in [0.25, 0.3) is 0 Å². The molecule has 11 aromatic carbocycles. The Balaban J connectivity index is 1.05. The predicted molar refractivity (Wildman–Crippen MR) is 264 cm³/mol. The summed E-state index contributed by atoms with van der Waals surface area (Å²) in [5.74, 6) is 0. The van der Waals surface area contributed by atoms with E-state index in [0.29, 0.717) is 0 Å². The van der Waals surface area contributed by atoms with Gasteiger partial charge >= 0.3 is 0 Å². The molecule has 0 saturated heterocycles. The Morgan fingerprint density at radius 1 is 0.290 bits per heavy atom. The molecule has 0 aliphatic rings. The fourth-order valence-electron chi connectivity index (χ4n) is 9.77. The SMILES string of the molecule is c1ccc(-n2c3ccccc3c3c(-c4ccccc4N(c4ccc(-c5cccc6ccccc56)cc4)c4ccc(-c5cc6ccccc6c6ccccc56)cc4)cccc32)cc1. The number of anilines is 3. The van der Waals surface area contributed by atoms with Crippen LogP contribution in [0.5, 0.6) is 0 Å². The molecule has 0 radical (unpaired) electrons. The van der Waals surface area contributed by atoms with Crippen molar-refractivity contribution < 1.29 is 0 Å². The van der Waals surface area contributed by atoms with Gasteiger partial charge in [-0.2, -0.15) is 0 Å². The Morgan fingerprint density at radius 3 is 1.58 bits per heavy atom. The van der Waals surface area contributed by atoms with Crippen molar-refractivity contribution in [2.75, 3.05) is 4.90 Å². The lowest BCUT2D eigenvalue weighted by Gasteiger charge is -2.28. The van der Waals surface area contributed by atoms with Crippen molar-refractivity contribution in [2.24, 2.45) is 0 Å². The molecule has 1 heterocycles. The van der Waals surface area contributed by atoms with E-state index in [1.807, 2.05) is 0 Å². The summed E-state index contributed by atoms with van der Waals surface area (Å²) < 4.78 is 2.40. The minimum Gasteiger partial charge on any atom is -0.310 e. The van der Waals surface area contributed by atoms with Crippen LogP contribution in [0.2, 0.25) is 0 Å². The predicted octanol–water partition coefficient (Wildman–Crippen LogP) is 16.7. The van der Waals surface area contributed by atoms with Crippen LogP contribution in [0.15, 0.2) is 243 Å². The van der Waals surface area contributed by atoms with Crippen LogP contribution in [0.4, 0.5) is 17.1 Å². The van der Waals surface area contributed by atoms with Gasteiger partial charge in [0.15, 0.2) is 0 Å². The number of benzene rings is 11. The molecule has 0 amide bonds. The molecular weight excluding hydrogens is 749 g/mol. The van der Waals surface area contributed by atoms with Crippen LogP contribution >= 0.6 is 0 Å². The van der Waals surface area contributed by atoms with Gasteiger partial charge in [-0.05, 0) is 121 Å². The van der Waals surface area contributed by atoms with Crippen molar-refractivity contribution in [3.05, 3.63) is 243 Å². The maximum absolute atomic E-state index is 2.43. The van der Waals surface area contributed by atoms with Gasteiger partial charge in [0.1, 0.15) is 0 Å². The highest BCUT2D eigenvalue weighted by Crippen LogP contribution is 2.46. The second kappa shape index (κ2) is 14.8. The van der Waals surface area contributed by atoms with E-state index >= 15 is 0 Å². The summed E-state index contributed by atoms with van der Waals surface area (Å²) in [5.41, 5.74) is 14.0. The fraction of sp³-hybridized carbons (Fsp3) is 0. The number of hydrogen-bond acceptors (Lipinski definition) is 1. The molecule has 290 valence electrons. The lowest BCUT2D eigenvalue weighted by atomic mass is 9.93. The van der Waals surface area contributed by atoms with Gasteiger partial charge in [0, 0.05) is 33.4 Å². The van der Waals surface area contributed by atoms with Gasteiger partial charge in [0.05, 0.1) is 16.7 Å². The zero-order chi connectivity index (χ0) is 41.0. The summed E-state index contributed by atoms with van der Waals surface area (Å²) in [7, 11) is 0. The van der Waals surface area contributed by atoms with E-state index in [1.165, 1.54) is 81.9 Å². The molecule has 0 aliphatic heterocycles. The summed E-state index contributed by atoms with van der Waals surface area (Å²) in [4.78, 5) is 2.43. The van der Waals surface area contributed by atoms with E-state index < -0.39 is 0 Å². The molecule has 1 aromatic heterocycles. The Bertz CT molecular complexity index is 3610. The number of hydrogen-bond donors (Lipinski definition) is 0.